The van der Waals surface area contributed by atoms with Crippen LogP contribution in [0.4, 0.5) is 4.79 Å². The van der Waals surface area contributed by atoms with Crippen LogP contribution in [0.1, 0.15) is 27.0 Å². The van der Waals surface area contributed by atoms with E-state index in [1.165, 1.54) is 0 Å². The van der Waals surface area contributed by atoms with Crippen molar-refractivity contribution in [3.63, 3.8) is 0 Å². The van der Waals surface area contributed by atoms with Crippen LogP contribution in [0.25, 0.3) is 0 Å². The van der Waals surface area contributed by atoms with Gasteiger partial charge in [0.25, 0.3) is 0 Å². The Bertz CT molecular complexity index is 591. The fraction of sp³-hybridized carbons (Fsp3) is 0.375. The van der Waals surface area contributed by atoms with Crippen molar-refractivity contribution >= 4 is 6.09 Å². The number of benzene rings is 1. The molecule has 22 heavy (non-hydrogen) atoms. The van der Waals surface area contributed by atoms with Gasteiger partial charge in [-0.2, -0.15) is 0 Å². The van der Waals surface area contributed by atoms with Crippen molar-refractivity contribution in [1.82, 2.24) is 9.55 Å². The zero-order chi connectivity index (χ0) is 16.2. The number of primary amides is 1. The molecule has 0 fully saturated rings. The van der Waals surface area contributed by atoms with Gasteiger partial charge in [-0.1, -0.05) is 39.0 Å². The summed E-state index contributed by atoms with van der Waals surface area (Å²) in [5.74, 6) is 0.670. The molecule has 2 atom stereocenters. The van der Waals surface area contributed by atoms with Gasteiger partial charge in [-0.15, -0.1) is 0 Å². The summed E-state index contributed by atoms with van der Waals surface area (Å²) in [6.07, 6.45) is 3.04. The molecule has 0 spiro atoms. The van der Waals surface area contributed by atoms with Crippen molar-refractivity contribution in [3.05, 3.63) is 49.1 Å². The van der Waals surface area contributed by atoms with Crippen LogP contribution < -0.4 is 10.5 Å². The normalized spacial score (nSPS) is 14.1. The summed E-state index contributed by atoms with van der Waals surface area (Å²) in [4.78, 5) is 15.3. The number of ether oxygens (including phenoxy) is 2. The molecule has 2 N–H and O–H groups in total. The molecule has 0 aliphatic heterocycles. The van der Waals surface area contributed by atoms with Crippen molar-refractivity contribution in [2.45, 2.75) is 33.1 Å². The molecule has 2 unspecified atom stereocenters. The quantitative estimate of drug-likeness (QED) is 0.921. The lowest BCUT2D eigenvalue weighted by molar-refractivity contribution is -0.0720. The number of aromatic nitrogens is 2. The molecule has 1 amide bonds. The third-order valence-corrected chi connectivity index (χ3v) is 3.17. The zero-order valence-electron chi connectivity index (χ0n) is 13.0. The standard InChI is InChI=1S/C16H21N3O3/c1-16(2,3)13(22-15(17)20)14(19-10-9-18-11-19)21-12-7-5-4-6-8-12/h4-11,13-14H,1-3H3,(H2,17,20). The predicted octanol–water partition coefficient (Wildman–Crippen LogP) is 2.97. The maximum atomic E-state index is 11.3. The molecule has 0 saturated heterocycles. The predicted molar refractivity (Wildman–Crippen MR) is 82.2 cm³/mol. The number of hydrogen-bond acceptors (Lipinski definition) is 4. The van der Waals surface area contributed by atoms with Gasteiger partial charge in [-0.25, -0.2) is 9.78 Å². The van der Waals surface area contributed by atoms with Crippen LogP contribution in [0.3, 0.4) is 0 Å². The van der Waals surface area contributed by atoms with Crippen LogP contribution in [-0.2, 0) is 4.74 Å². The average Bonchev–Trinajstić information content (AvgIpc) is 2.96. The SMILES string of the molecule is CC(C)(C)C(OC(N)=O)C(Oc1ccccc1)n1ccnc1. The van der Waals surface area contributed by atoms with Crippen LogP contribution in [0.5, 0.6) is 5.75 Å². The molecule has 1 aromatic carbocycles. The Morgan fingerprint density at radius 2 is 1.95 bits per heavy atom. The van der Waals surface area contributed by atoms with Crippen LogP contribution >= 0.6 is 0 Å². The van der Waals surface area contributed by atoms with E-state index in [0.717, 1.165) is 0 Å². The largest absolute Gasteiger partial charge is 0.466 e. The highest BCUT2D eigenvalue weighted by molar-refractivity contribution is 5.64. The minimum absolute atomic E-state index is 0.376. The smallest absolute Gasteiger partial charge is 0.404 e. The van der Waals surface area contributed by atoms with Crippen molar-refractivity contribution < 1.29 is 14.3 Å². The first-order valence-corrected chi connectivity index (χ1v) is 7.03. The zero-order valence-corrected chi connectivity index (χ0v) is 13.0. The molecule has 0 aliphatic carbocycles. The van der Waals surface area contributed by atoms with Crippen molar-refractivity contribution in [2.75, 3.05) is 0 Å². The molecule has 6 nitrogen and oxygen atoms in total. The van der Waals surface area contributed by atoms with E-state index in [1.807, 2.05) is 51.1 Å². The topological polar surface area (TPSA) is 79.4 Å². The molecule has 2 rings (SSSR count). The summed E-state index contributed by atoms with van der Waals surface area (Å²) in [6.45, 7) is 5.87. The summed E-state index contributed by atoms with van der Waals surface area (Å²) in [5.41, 5.74) is 4.86. The molecular weight excluding hydrogens is 282 g/mol. The van der Waals surface area contributed by atoms with Crippen LogP contribution in [0.2, 0.25) is 0 Å². The fourth-order valence-corrected chi connectivity index (χ4v) is 2.13. The molecule has 0 saturated carbocycles. The van der Waals surface area contributed by atoms with E-state index in [-0.39, 0.29) is 5.41 Å². The number of nitrogens with zero attached hydrogens (tertiary/aromatic N) is 2. The Labute approximate surface area is 129 Å². The van der Waals surface area contributed by atoms with Crippen LogP contribution in [0.15, 0.2) is 49.1 Å². The van der Waals surface area contributed by atoms with Crippen molar-refractivity contribution in [3.8, 4) is 5.75 Å². The number of para-hydroxylation sites is 1. The molecule has 118 valence electrons. The summed E-state index contributed by atoms with van der Waals surface area (Å²) in [7, 11) is 0. The van der Waals surface area contributed by atoms with Gasteiger partial charge in [0.05, 0.1) is 6.33 Å². The Balaban J connectivity index is 2.35. The number of nitrogens with two attached hydrogens (primary N) is 1. The summed E-state index contributed by atoms with van der Waals surface area (Å²) < 4.78 is 13.1. The average molecular weight is 303 g/mol. The van der Waals surface area contributed by atoms with E-state index >= 15 is 0 Å². The van der Waals surface area contributed by atoms with E-state index in [1.54, 1.807) is 23.3 Å². The minimum atomic E-state index is -0.832. The Morgan fingerprint density at radius 1 is 1.27 bits per heavy atom. The minimum Gasteiger partial charge on any atom is -0.466 e. The van der Waals surface area contributed by atoms with E-state index in [9.17, 15) is 4.79 Å². The van der Waals surface area contributed by atoms with E-state index < -0.39 is 18.4 Å². The summed E-state index contributed by atoms with van der Waals surface area (Å²) >= 11 is 0. The number of rotatable bonds is 5. The Hall–Kier alpha value is -2.50. The molecule has 0 aliphatic rings. The van der Waals surface area contributed by atoms with Gasteiger partial charge < -0.3 is 15.2 Å². The first-order valence-electron chi connectivity index (χ1n) is 7.03. The number of amides is 1. The monoisotopic (exact) mass is 303 g/mol. The van der Waals surface area contributed by atoms with Gasteiger partial charge in [-0.05, 0) is 12.1 Å². The van der Waals surface area contributed by atoms with Crippen molar-refractivity contribution in [2.24, 2.45) is 11.1 Å². The molecular formula is C16H21N3O3. The number of hydrogen-bond donors (Lipinski definition) is 1. The summed E-state index contributed by atoms with van der Waals surface area (Å²) in [5, 5.41) is 0. The second kappa shape index (κ2) is 6.51. The lowest BCUT2D eigenvalue weighted by atomic mass is 9.87. The Morgan fingerprint density at radius 3 is 2.45 bits per heavy atom. The highest BCUT2D eigenvalue weighted by atomic mass is 16.6. The van der Waals surface area contributed by atoms with Gasteiger partial charge in [0.2, 0.25) is 6.23 Å². The fourth-order valence-electron chi connectivity index (χ4n) is 2.13. The number of carbonyl (C=O) groups is 1. The first-order chi connectivity index (χ1) is 10.4. The highest BCUT2D eigenvalue weighted by Crippen LogP contribution is 2.33. The van der Waals surface area contributed by atoms with Gasteiger partial charge in [-0.3, -0.25) is 4.57 Å². The molecule has 1 heterocycles. The molecule has 0 bridgehead atoms. The molecule has 2 aromatic rings. The molecule has 1 aromatic heterocycles. The van der Waals surface area contributed by atoms with E-state index in [4.69, 9.17) is 15.2 Å². The van der Waals surface area contributed by atoms with E-state index in [2.05, 4.69) is 4.98 Å². The lowest BCUT2D eigenvalue weighted by Gasteiger charge is -2.36. The number of carbonyl (C=O) groups excluding carboxylic acids is 1. The Kier molecular flexibility index (Phi) is 4.70. The highest BCUT2D eigenvalue weighted by Gasteiger charge is 2.38. The maximum Gasteiger partial charge on any atom is 0.404 e. The van der Waals surface area contributed by atoms with Gasteiger partial charge in [0.1, 0.15) is 5.75 Å². The van der Waals surface area contributed by atoms with Crippen LogP contribution in [-0.4, -0.2) is 21.7 Å². The van der Waals surface area contributed by atoms with Crippen molar-refractivity contribution in [1.29, 1.82) is 0 Å². The van der Waals surface area contributed by atoms with Gasteiger partial charge in [0.15, 0.2) is 6.10 Å². The first kappa shape index (κ1) is 15.9. The molecule has 0 radical (unpaired) electrons. The third-order valence-electron chi connectivity index (χ3n) is 3.17. The lowest BCUT2D eigenvalue weighted by Crippen LogP contribution is -2.43. The number of imidazole rings is 1. The van der Waals surface area contributed by atoms with Gasteiger partial charge >= 0.3 is 6.09 Å². The second-order valence-corrected chi connectivity index (χ2v) is 6.05. The second-order valence-electron chi connectivity index (χ2n) is 6.05. The van der Waals surface area contributed by atoms with E-state index in [0.29, 0.717) is 5.75 Å². The summed E-state index contributed by atoms with van der Waals surface area (Å²) in [6, 6.07) is 9.34. The van der Waals surface area contributed by atoms with Gasteiger partial charge in [0, 0.05) is 17.8 Å². The van der Waals surface area contributed by atoms with Crippen LogP contribution in [0, 0.1) is 5.41 Å². The molecule has 6 heteroatoms. The third kappa shape index (κ3) is 4.00. The maximum absolute atomic E-state index is 11.3.